The zero-order valence-corrected chi connectivity index (χ0v) is 10.2. The van der Waals surface area contributed by atoms with Gasteiger partial charge in [0.25, 0.3) is 0 Å². The van der Waals surface area contributed by atoms with Gasteiger partial charge in [-0.2, -0.15) is 0 Å². The summed E-state index contributed by atoms with van der Waals surface area (Å²) in [5, 5.41) is 0. The monoisotopic (exact) mass is 234 g/mol. The van der Waals surface area contributed by atoms with E-state index >= 15 is 0 Å². The Hall–Kier alpha value is 0.945. The van der Waals surface area contributed by atoms with Crippen LogP contribution in [0.15, 0.2) is 0 Å². The van der Waals surface area contributed by atoms with Crippen LogP contribution >= 0.6 is 0 Å². The topological polar surface area (TPSA) is 27.7 Å². The lowest BCUT2D eigenvalue weighted by atomic mass is 10.5. The molecular formula is C9H24Al2O3. The molecule has 84 valence electrons. The standard InChI is InChI=1S/3C3H7O.2Al.3H/c3*1-2-3-4;;;;;/h3*2-3H2,1H3;;;;;/q3*-1;;+3;;;. The summed E-state index contributed by atoms with van der Waals surface area (Å²) in [4.78, 5) is 0. The second kappa shape index (κ2) is 13.9. The van der Waals surface area contributed by atoms with Crippen LogP contribution in [-0.4, -0.2) is 52.3 Å². The quantitative estimate of drug-likeness (QED) is 0.558. The Balaban J connectivity index is 0. The van der Waals surface area contributed by atoms with E-state index in [1.807, 2.05) is 0 Å². The average Bonchev–Trinajstić information content (AvgIpc) is 2.17. The fourth-order valence-corrected chi connectivity index (χ4v) is 2.36. The van der Waals surface area contributed by atoms with Crippen molar-refractivity contribution in [3.63, 3.8) is 0 Å². The van der Waals surface area contributed by atoms with Crippen molar-refractivity contribution in [2.75, 3.05) is 19.8 Å². The first-order valence-electron chi connectivity index (χ1n) is 5.19. The molecule has 0 unspecified atom stereocenters. The molecule has 0 aromatic rings. The fraction of sp³-hybridized carbons (Fsp3) is 1.00. The lowest BCUT2D eigenvalue weighted by Crippen LogP contribution is -2.28. The van der Waals surface area contributed by atoms with Crippen molar-refractivity contribution in [1.82, 2.24) is 0 Å². The van der Waals surface area contributed by atoms with E-state index in [0.717, 1.165) is 39.1 Å². The summed E-state index contributed by atoms with van der Waals surface area (Å²) in [5.41, 5.74) is 0. The molecule has 0 atom stereocenters. The third-order valence-electron chi connectivity index (χ3n) is 1.37. The summed E-state index contributed by atoms with van der Waals surface area (Å²) in [6.07, 6.45) is 3.07. The molecule has 0 aromatic carbocycles. The third kappa shape index (κ3) is 11.0. The van der Waals surface area contributed by atoms with Crippen LogP contribution in [0.25, 0.3) is 0 Å². The Labute approximate surface area is 104 Å². The molecule has 3 nitrogen and oxygen atoms in total. The van der Waals surface area contributed by atoms with E-state index in [0.29, 0.717) is 0 Å². The van der Waals surface area contributed by atoms with Gasteiger partial charge in [0.05, 0.1) is 0 Å². The van der Waals surface area contributed by atoms with E-state index in [9.17, 15) is 0 Å². The smallest absolute Gasteiger partial charge is 0.454 e. The highest BCUT2D eigenvalue weighted by Crippen LogP contribution is 1.96. The summed E-state index contributed by atoms with van der Waals surface area (Å²) >= 11 is -1.79. The minimum absolute atomic E-state index is 0. The Bertz CT molecular complexity index is 85.0. The van der Waals surface area contributed by atoms with Crippen LogP contribution in [-0.2, 0) is 11.4 Å². The molecule has 0 saturated carbocycles. The van der Waals surface area contributed by atoms with Crippen molar-refractivity contribution < 1.29 is 11.4 Å². The number of hydrogen-bond donors (Lipinski definition) is 0. The lowest BCUT2D eigenvalue weighted by Gasteiger charge is -2.11. The van der Waals surface area contributed by atoms with Gasteiger partial charge in [0.2, 0.25) is 0 Å². The molecule has 0 radical (unpaired) electrons. The van der Waals surface area contributed by atoms with Gasteiger partial charge in [0.1, 0.15) is 0 Å². The molecule has 0 fully saturated rings. The van der Waals surface area contributed by atoms with Gasteiger partial charge in [-0.15, -0.1) is 0 Å². The van der Waals surface area contributed by atoms with Crippen molar-refractivity contribution in [3.8, 4) is 0 Å². The maximum atomic E-state index is 5.49. The van der Waals surface area contributed by atoms with Crippen LogP contribution in [0.1, 0.15) is 40.0 Å². The van der Waals surface area contributed by atoms with Crippen LogP contribution in [0.3, 0.4) is 0 Å². The van der Waals surface area contributed by atoms with Gasteiger partial charge >= 0.3 is 15.1 Å². The average molecular weight is 234 g/mol. The van der Waals surface area contributed by atoms with Gasteiger partial charge in [-0.25, -0.2) is 0 Å². The van der Waals surface area contributed by atoms with Gasteiger partial charge in [0, 0.05) is 19.8 Å². The van der Waals surface area contributed by atoms with Gasteiger partial charge in [0.15, 0.2) is 17.4 Å². The SMILES string of the molecule is CCC[O][Al]([O]CCC)[O]CCC.[AlH3]. The van der Waals surface area contributed by atoms with Gasteiger partial charge in [-0.05, 0) is 19.3 Å². The Morgan fingerprint density at radius 1 is 0.714 bits per heavy atom. The summed E-state index contributed by atoms with van der Waals surface area (Å²) in [5.74, 6) is 0. The summed E-state index contributed by atoms with van der Waals surface area (Å²) < 4.78 is 16.5. The molecule has 0 N–H and O–H groups in total. The predicted molar refractivity (Wildman–Crippen MR) is 64.4 cm³/mol. The van der Waals surface area contributed by atoms with E-state index in [1.54, 1.807) is 0 Å². The molecule has 0 aliphatic carbocycles. The zero-order chi connectivity index (χ0) is 9.94. The van der Waals surface area contributed by atoms with E-state index in [4.69, 9.17) is 11.4 Å². The molecule has 0 aliphatic heterocycles. The Morgan fingerprint density at radius 2 is 1.00 bits per heavy atom. The molecule has 0 bridgehead atoms. The fourth-order valence-electron chi connectivity index (χ4n) is 0.787. The zero-order valence-electron chi connectivity index (χ0n) is 9.04. The van der Waals surface area contributed by atoms with Crippen molar-refractivity contribution in [2.45, 2.75) is 40.0 Å². The second-order valence-corrected chi connectivity index (χ2v) is 4.48. The molecular weight excluding hydrogens is 210 g/mol. The van der Waals surface area contributed by atoms with Crippen molar-refractivity contribution in [2.24, 2.45) is 0 Å². The first-order valence-corrected chi connectivity index (χ1v) is 6.61. The summed E-state index contributed by atoms with van der Waals surface area (Å²) in [7, 11) is 0. The van der Waals surface area contributed by atoms with E-state index in [2.05, 4.69) is 20.8 Å². The maximum absolute atomic E-state index is 5.49. The second-order valence-electron chi connectivity index (χ2n) is 2.90. The van der Waals surface area contributed by atoms with E-state index < -0.39 is 15.1 Å². The minimum Gasteiger partial charge on any atom is -0.454 e. The molecule has 0 aliphatic rings. The summed E-state index contributed by atoms with van der Waals surface area (Å²) in [6.45, 7) is 8.53. The molecule has 0 aromatic heterocycles. The first kappa shape index (κ1) is 17.3. The first-order chi connectivity index (χ1) is 6.35. The molecule has 14 heavy (non-hydrogen) atoms. The van der Waals surface area contributed by atoms with Crippen LogP contribution in [0.5, 0.6) is 0 Å². The van der Waals surface area contributed by atoms with Crippen LogP contribution in [0.2, 0.25) is 0 Å². The van der Waals surface area contributed by atoms with Crippen molar-refractivity contribution in [3.05, 3.63) is 0 Å². The van der Waals surface area contributed by atoms with E-state index in [-0.39, 0.29) is 17.4 Å². The molecule has 0 heterocycles. The van der Waals surface area contributed by atoms with Gasteiger partial charge in [-0.1, -0.05) is 20.8 Å². The predicted octanol–water partition coefficient (Wildman–Crippen LogP) is 1.07. The molecule has 0 amide bonds. The molecule has 0 spiro atoms. The molecule has 5 heteroatoms. The van der Waals surface area contributed by atoms with Crippen LogP contribution in [0.4, 0.5) is 0 Å². The third-order valence-corrected chi connectivity index (χ3v) is 2.90. The maximum Gasteiger partial charge on any atom is 0.905 e. The Morgan fingerprint density at radius 3 is 1.21 bits per heavy atom. The number of hydrogen-bond acceptors (Lipinski definition) is 3. The summed E-state index contributed by atoms with van der Waals surface area (Å²) in [6, 6.07) is 0. The van der Waals surface area contributed by atoms with Crippen LogP contribution in [0, 0.1) is 0 Å². The largest absolute Gasteiger partial charge is 0.905 e. The van der Waals surface area contributed by atoms with Gasteiger partial charge in [-0.3, -0.25) is 0 Å². The van der Waals surface area contributed by atoms with Crippen molar-refractivity contribution >= 4 is 32.5 Å². The molecule has 0 rings (SSSR count). The van der Waals surface area contributed by atoms with Gasteiger partial charge < -0.3 is 11.4 Å². The van der Waals surface area contributed by atoms with E-state index in [1.165, 1.54) is 0 Å². The highest BCUT2D eigenvalue weighted by atomic mass is 27.3. The highest BCUT2D eigenvalue weighted by molar-refractivity contribution is 6.36. The normalized spacial score (nSPS) is 9.64. The minimum atomic E-state index is -1.79. The lowest BCUT2D eigenvalue weighted by molar-refractivity contribution is 0.0933. The highest BCUT2D eigenvalue weighted by Gasteiger charge is 2.29. The van der Waals surface area contributed by atoms with Crippen molar-refractivity contribution in [1.29, 1.82) is 0 Å². The van der Waals surface area contributed by atoms with Crippen LogP contribution < -0.4 is 0 Å². The number of rotatable bonds is 9. The Kier molecular flexibility index (Phi) is 17.3. The molecule has 0 saturated heterocycles.